The van der Waals surface area contributed by atoms with Crippen molar-refractivity contribution in [3.63, 3.8) is 0 Å². The average molecular weight is 224 g/mol. The molecule has 0 aromatic carbocycles. The largest absolute Gasteiger partial charge is 0.402 e. The molecule has 0 aromatic rings. The highest BCUT2D eigenvalue weighted by Gasteiger charge is 2.05. The van der Waals surface area contributed by atoms with Crippen LogP contribution in [-0.4, -0.2) is 24.5 Å². The summed E-state index contributed by atoms with van der Waals surface area (Å²) in [4.78, 5) is 2.46. The molecule has 0 radical (unpaired) electrons. The summed E-state index contributed by atoms with van der Waals surface area (Å²) in [6.45, 7) is 11.9. The summed E-state index contributed by atoms with van der Waals surface area (Å²) in [5.74, 6) is 0. The molecule has 0 spiro atoms. The Hall–Kier alpha value is -0.760. The molecule has 1 rings (SSSR count). The highest BCUT2D eigenvalue weighted by molar-refractivity contribution is 5.22. The Kier molecular flexibility index (Phi) is 9.02. The van der Waals surface area contributed by atoms with E-state index in [1.807, 2.05) is 13.8 Å². The van der Waals surface area contributed by atoms with E-state index in [0.29, 0.717) is 0 Å². The second-order valence-corrected chi connectivity index (χ2v) is 3.84. The lowest BCUT2D eigenvalue weighted by Gasteiger charge is -2.19. The van der Waals surface area contributed by atoms with E-state index in [1.54, 1.807) is 5.57 Å². The highest BCUT2D eigenvalue weighted by atomic mass is 15.1. The van der Waals surface area contributed by atoms with Crippen LogP contribution in [0.4, 0.5) is 0 Å². The fourth-order valence-corrected chi connectivity index (χ4v) is 1.75. The van der Waals surface area contributed by atoms with Gasteiger partial charge in [-0.25, -0.2) is 0 Å². The minimum atomic E-state index is 1.02. The van der Waals surface area contributed by atoms with Gasteiger partial charge in [0.25, 0.3) is 0 Å². The summed E-state index contributed by atoms with van der Waals surface area (Å²) in [5.41, 5.74) is 8.28. The lowest BCUT2D eigenvalue weighted by molar-refractivity contribution is 0.306. The molecule has 0 heterocycles. The van der Waals surface area contributed by atoms with Crippen LogP contribution in [0.3, 0.4) is 0 Å². The van der Waals surface area contributed by atoms with Crippen LogP contribution < -0.4 is 5.73 Å². The van der Waals surface area contributed by atoms with E-state index in [9.17, 15) is 0 Å². The SMILES string of the molecule is CC.CCN(CC)CCC1=CC=C(N)CC1. The zero-order valence-electron chi connectivity index (χ0n) is 11.4. The second kappa shape index (κ2) is 9.46. The van der Waals surface area contributed by atoms with Crippen LogP contribution in [0, 0.1) is 0 Å². The minimum Gasteiger partial charge on any atom is -0.402 e. The third-order valence-electron chi connectivity index (χ3n) is 2.91. The van der Waals surface area contributed by atoms with Gasteiger partial charge >= 0.3 is 0 Å². The molecule has 1 aliphatic carbocycles. The van der Waals surface area contributed by atoms with E-state index in [4.69, 9.17) is 5.73 Å². The van der Waals surface area contributed by atoms with Gasteiger partial charge in [0, 0.05) is 12.2 Å². The Balaban J connectivity index is 0.00000106. The van der Waals surface area contributed by atoms with E-state index in [1.165, 1.54) is 13.0 Å². The van der Waals surface area contributed by atoms with Gasteiger partial charge in [0.15, 0.2) is 0 Å². The van der Waals surface area contributed by atoms with Crippen LogP contribution in [0.5, 0.6) is 0 Å². The first-order valence-electron chi connectivity index (χ1n) is 6.62. The zero-order chi connectivity index (χ0) is 12.4. The van der Waals surface area contributed by atoms with Gasteiger partial charge in [0.05, 0.1) is 0 Å². The lowest BCUT2D eigenvalue weighted by atomic mass is 10.00. The van der Waals surface area contributed by atoms with Gasteiger partial charge < -0.3 is 10.6 Å². The van der Waals surface area contributed by atoms with Crippen molar-refractivity contribution in [1.82, 2.24) is 4.90 Å². The lowest BCUT2D eigenvalue weighted by Crippen LogP contribution is -2.24. The summed E-state index contributed by atoms with van der Waals surface area (Å²) in [5, 5.41) is 0. The Bertz CT molecular complexity index is 225. The van der Waals surface area contributed by atoms with Crippen molar-refractivity contribution in [2.45, 2.75) is 47.0 Å². The number of nitrogens with zero attached hydrogens (tertiary/aromatic N) is 1. The number of nitrogens with two attached hydrogens (primary N) is 1. The predicted molar refractivity (Wildman–Crippen MR) is 73.3 cm³/mol. The van der Waals surface area contributed by atoms with Crippen molar-refractivity contribution in [2.24, 2.45) is 5.73 Å². The normalized spacial score (nSPS) is 15.1. The van der Waals surface area contributed by atoms with Gasteiger partial charge in [-0.05, 0) is 38.4 Å². The molecule has 0 unspecified atom stereocenters. The molecule has 94 valence electrons. The molecule has 0 bridgehead atoms. The molecule has 0 fully saturated rings. The van der Waals surface area contributed by atoms with Crippen LogP contribution in [0.1, 0.15) is 47.0 Å². The molecule has 0 atom stereocenters. The molecule has 0 aliphatic heterocycles. The number of allylic oxidation sites excluding steroid dienone is 3. The maximum atomic E-state index is 5.71. The summed E-state index contributed by atoms with van der Waals surface area (Å²) in [6, 6.07) is 0. The maximum Gasteiger partial charge on any atom is 0.00836 e. The smallest absolute Gasteiger partial charge is 0.00836 e. The molecule has 2 nitrogen and oxygen atoms in total. The van der Waals surface area contributed by atoms with Crippen LogP contribution in [-0.2, 0) is 0 Å². The zero-order valence-corrected chi connectivity index (χ0v) is 11.4. The number of hydrogen-bond donors (Lipinski definition) is 1. The van der Waals surface area contributed by atoms with Crippen LogP contribution >= 0.6 is 0 Å². The van der Waals surface area contributed by atoms with Gasteiger partial charge in [0.1, 0.15) is 0 Å². The summed E-state index contributed by atoms with van der Waals surface area (Å²) >= 11 is 0. The van der Waals surface area contributed by atoms with Crippen LogP contribution in [0.25, 0.3) is 0 Å². The van der Waals surface area contributed by atoms with Gasteiger partial charge in [-0.1, -0.05) is 39.3 Å². The molecule has 0 saturated carbocycles. The van der Waals surface area contributed by atoms with Crippen molar-refractivity contribution < 1.29 is 0 Å². The Morgan fingerprint density at radius 1 is 1.12 bits per heavy atom. The molecule has 2 heteroatoms. The van der Waals surface area contributed by atoms with Crippen molar-refractivity contribution >= 4 is 0 Å². The average Bonchev–Trinajstić information content (AvgIpc) is 2.35. The molecule has 2 N–H and O–H groups in total. The highest BCUT2D eigenvalue weighted by Crippen LogP contribution is 2.18. The summed E-state index contributed by atoms with van der Waals surface area (Å²) < 4.78 is 0. The first kappa shape index (κ1) is 15.2. The van der Waals surface area contributed by atoms with Crippen LogP contribution in [0.2, 0.25) is 0 Å². The van der Waals surface area contributed by atoms with E-state index in [0.717, 1.165) is 31.6 Å². The Labute approximate surface area is 101 Å². The Morgan fingerprint density at radius 2 is 1.75 bits per heavy atom. The van der Waals surface area contributed by atoms with E-state index in [2.05, 4.69) is 30.9 Å². The maximum absolute atomic E-state index is 5.71. The molecule has 0 aromatic heterocycles. The predicted octanol–water partition coefficient (Wildman–Crippen LogP) is 3.31. The monoisotopic (exact) mass is 224 g/mol. The quantitative estimate of drug-likeness (QED) is 0.776. The molecular weight excluding hydrogens is 196 g/mol. The molecular formula is C14H28N2. The van der Waals surface area contributed by atoms with E-state index in [-0.39, 0.29) is 0 Å². The summed E-state index contributed by atoms with van der Waals surface area (Å²) in [6.07, 6.45) is 7.66. The molecule has 0 saturated heterocycles. The first-order chi connectivity index (χ1) is 7.76. The first-order valence-corrected chi connectivity index (χ1v) is 6.62. The minimum absolute atomic E-state index is 1.02. The van der Waals surface area contributed by atoms with Crippen molar-refractivity contribution in [2.75, 3.05) is 19.6 Å². The van der Waals surface area contributed by atoms with Crippen molar-refractivity contribution in [3.8, 4) is 0 Å². The fraction of sp³-hybridized carbons (Fsp3) is 0.714. The standard InChI is InChI=1S/C12H22N2.C2H6/c1-3-14(4-2)10-9-11-5-7-12(13)8-6-11;1-2/h5,7H,3-4,6,8-10,13H2,1-2H3;1-2H3. The third kappa shape index (κ3) is 5.96. The molecule has 1 aliphatic rings. The van der Waals surface area contributed by atoms with Gasteiger partial charge in [-0.3, -0.25) is 0 Å². The second-order valence-electron chi connectivity index (χ2n) is 3.84. The van der Waals surface area contributed by atoms with Crippen molar-refractivity contribution in [1.29, 1.82) is 0 Å². The molecule has 0 amide bonds. The van der Waals surface area contributed by atoms with E-state index >= 15 is 0 Å². The van der Waals surface area contributed by atoms with Gasteiger partial charge in [-0.2, -0.15) is 0 Å². The van der Waals surface area contributed by atoms with Crippen molar-refractivity contribution in [3.05, 3.63) is 23.4 Å². The summed E-state index contributed by atoms with van der Waals surface area (Å²) in [7, 11) is 0. The Morgan fingerprint density at radius 3 is 2.19 bits per heavy atom. The van der Waals surface area contributed by atoms with E-state index < -0.39 is 0 Å². The number of rotatable bonds is 5. The third-order valence-corrected chi connectivity index (χ3v) is 2.91. The topological polar surface area (TPSA) is 29.3 Å². The molecule has 16 heavy (non-hydrogen) atoms. The van der Waals surface area contributed by atoms with Gasteiger partial charge in [0.2, 0.25) is 0 Å². The number of hydrogen-bond acceptors (Lipinski definition) is 2. The fourth-order valence-electron chi connectivity index (χ4n) is 1.75. The van der Waals surface area contributed by atoms with Gasteiger partial charge in [-0.15, -0.1) is 0 Å². The van der Waals surface area contributed by atoms with Crippen LogP contribution in [0.15, 0.2) is 23.4 Å².